The van der Waals surface area contributed by atoms with Crippen LogP contribution in [0.2, 0.25) is 0 Å². The van der Waals surface area contributed by atoms with Gasteiger partial charge in [-0.1, -0.05) is 0 Å². The molecular formula is C16H15N7O2S. The van der Waals surface area contributed by atoms with Crippen molar-refractivity contribution >= 4 is 22.8 Å². The van der Waals surface area contributed by atoms with Crippen LogP contribution in [-0.2, 0) is 20.6 Å². The minimum Gasteiger partial charge on any atom is -0.346 e. The number of nitrogens with one attached hydrogen (secondary N) is 1. The van der Waals surface area contributed by atoms with Gasteiger partial charge in [-0.2, -0.15) is 10.2 Å². The summed E-state index contributed by atoms with van der Waals surface area (Å²) in [6.45, 7) is 0.196. The Bertz CT molecular complexity index is 1170. The molecule has 4 aromatic heterocycles. The third kappa shape index (κ3) is 2.80. The highest BCUT2D eigenvalue weighted by Gasteiger charge is 2.15. The zero-order valence-corrected chi connectivity index (χ0v) is 14.9. The van der Waals surface area contributed by atoms with E-state index in [1.807, 2.05) is 13.2 Å². The molecule has 0 saturated heterocycles. The first-order valence-corrected chi connectivity index (χ1v) is 8.65. The third-order valence-electron chi connectivity index (χ3n) is 3.95. The van der Waals surface area contributed by atoms with E-state index >= 15 is 0 Å². The van der Waals surface area contributed by atoms with Crippen LogP contribution in [0.5, 0.6) is 0 Å². The van der Waals surface area contributed by atoms with E-state index < -0.39 is 0 Å². The fourth-order valence-electron chi connectivity index (χ4n) is 2.58. The molecular weight excluding hydrogens is 354 g/mol. The molecule has 10 heteroatoms. The maximum Gasteiger partial charge on any atom is 0.276 e. The fourth-order valence-corrected chi connectivity index (χ4v) is 3.36. The quantitative estimate of drug-likeness (QED) is 0.574. The minimum atomic E-state index is -0.302. The predicted molar refractivity (Wildman–Crippen MR) is 95.9 cm³/mol. The van der Waals surface area contributed by atoms with E-state index in [-0.39, 0.29) is 18.0 Å². The van der Waals surface area contributed by atoms with Gasteiger partial charge in [0.05, 0.1) is 12.4 Å². The summed E-state index contributed by atoms with van der Waals surface area (Å²) < 4.78 is 4.66. The summed E-state index contributed by atoms with van der Waals surface area (Å²) in [7, 11) is 3.50. The molecule has 0 aromatic carbocycles. The van der Waals surface area contributed by atoms with Crippen molar-refractivity contribution in [1.29, 1.82) is 0 Å². The van der Waals surface area contributed by atoms with Gasteiger partial charge in [-0.05, 0) is 0 Å². The number of aromatic nitrogens is 6. The highest BCUT2D eigenvalue weighted by atomic mass is 32.1. The van der Waals surface area contributed by atoms with Crippen LogP contribution >= 0.6 is 11.3 Å². The highest BCUT2D eigenvalue weighted by Crippen LogP contribution is 2.22. The van der Waals surface area contributed by atoms with E-state index in [0.29, 0.717) is 16.8 Å². The van der Waals surface area contributed by atoms with Gasteiger partial charge >= 0.3 is 0 Å². The highest BCUT2D eigenvalue weighted by molar-refractivity contribution is 7.13. The van der Waals surface area contributed by atoms with Gasteiger partial charge in [0.25, 0.3) is 11.5 Å². The first-order valence-electron chi connectivity index (χ1n) is 7.77. The lowest BCUT2D eigenvalue weighted by Crippen LogP contribution is -2.25. The molecule has 0 unspecified atom stereocenters. The molecule has 1 amide bonds. The third-order valence-corrected chi connectivity index (χ3v) is 4.85. The monoisotopic (exact) mass is 369 g/mol. The molecule has 4 aromatic rings. The molecule has 0 spiro atoms. The molecule has 0 radical (unpaired) electrons. The van der Waals surface area contributed by atoms with Crippen LogP contribution in [0.15, 0.2) is 41.2 Å². The van der Waals surface area contributed by atoms with Crippen LogP contribution in [0.4, 0.5) is 0 Å². The number of thiazole rings is 1. The molecule has 0 aliphatic heterocycles. The summed E-state index contributed by atoms with van der Waals surface area (Å²) in [6, 6.07) is 0. The summed E-state index contributed by atoms with van der Waals surface area (Å²) in [5.41, 5.74) is 2.13. The Balaban J connectivity index is 1.52. The molecule has 4 rings (SSSR count). The van der Waals surface area contributed by atoms with Crippen molar-refractivity contribution in [3.05, 3.63) is 58.0 Å². The van der Waals surface area contributed by atoms with Gasteiger partial charge in [0, 0.05) is 55.7 Å². The molecule has 0 bridgehead atoms. The molecule has 0 saturated carbocycles. The van der Waals surface area contributed by atoms with Gasteiger partial charge in [0.15, 0.2) is 0 Å². The molecule has 0 fully saturated rings. The van der Waals surface area contributed by atoms with Crippen LogP contribution in [0.3, 0.4) is 0 Å². The van der Waals surface area contributed by atoms with E-state index in [9.17, 15) is 9.59 Å². The summed E-state index contributed by atoms with van der Waals surface area (Å²) in [5, 5.41) is 13.5. The minimum absolute atomic E-state index is 0.165. The van der Waals surface area contributed by atoms with Gasteiger partial charge in [0.2, 0.25) is 0 Å². The molecule has 4 heterocycles. The van der Waals surface area contributed by atoms with Crippen molar-refractivity contribution in [2.75, 3.05) is 0 Å². The molecule has 0 aliphatic carbocycles. The largest absolute Gasteiger partial charge is 0.346 e. The van der Waals surface area contributed by atoms with Crippen LogP contribution in [0, 0.1) is 0 Å². The number of rotatable bonds is 4. The Hall–Kier alpha value is -3.27. The van der Waals surface area contributed by atoms with Crippen molar-refractivity contribution in [2.45, 2.75) is 6.54 Å². The zero-order chi connectivity index (χ0) is 18.3. The van der Waals surface area contributed by atoms with Crippen LogP contribution in [0.25, 0.3) is 16.1 Å². The van der Waals surface area contributed by atoms with Crippen LogP contribution in [0.1, 0.15) is 16.1 Å². The Labute approximate surface area is 151 Å². The number of carbonyl (C=O) groups is 1. The number of carbonyl (C=O) groups excluding carboxylic acids is 1. The average Bonchev–Trinajstić information content (AvgIpc) is 3.35. The first-order chi connectivity index (χ1) is 12.5. The molecule has 132 valence electrons. The van der Waals surface area contributed by atoms with Crippen molar-refractivity contribution < 1.29 is 4.79 Å². The van der Waals surface area contributed by atoms with Crippen molar-refractivity contribution in [2.24, 2.45) is 14.1 Å². The lowest BCUT2D eigenvalue weighted by atomic mass is 10.3. The van der Waals surface area contributed by atoms with Gasteiger partial charge in [-0.25, -0.2) is 9.50 Å². The number of aryl methyl sites for hydroxylation is 2. The zero-order valence-electron chi connectivity index (χ0n) is 14.1. The fraction of sp³-hybridized carbons (Fsp3) is 0.188. The van der Waals surface area contributed by atoms with E-state index in [2.05, 4.69) is 20.5 Å². The van der Waals surface area contributed by atoms with Crippen LogP contribution < -0.4 is 10.9 Å². The molecule has 26 heavy (non-hydrogen) atoms. The maximum atomic E-state index is 12.4. The molecule has 0 atom stereocenters. The summed E-state index contributed by atoms with van der Waals surface area (Å²) in [5.74, 6) is -0.302. The van der Waals surface area contributed by atoms with Crippen molar-refractivity contribution in [3.8, 4) is 10.6 Å². The van der Waals surface area contributed by atoms with Crippen molar-refractivity contribution in [1.82, 2.24) is 34.3 Å². The number of hydrogen-bond donors (Lipinski definition) is 1. The topological polar surface area (TPSA) is 99.1 Å². The molecule has 1 N–H and O–H groups in total. The van der Waals surface area contributed by atoms with Gasteiger partial charge in [-0.15, -0.1) is 11.3 Å². The second-order valence-electron chi connectivity index (χ2n) is 5.80. The lowest BCUT2D eigenvalue weighted by molar-refractivity contribution is 0.0947. The predicted octanol–water partition coefficient (Wildman–Crippen LogP) is 0.820. The summed E-state index contributed by atoms with van der Waals surface area (Å²) in [4.78, 5) is 29.0. The summed E-state index contributed by atoms with van der Waals surface area (Å²) in [6.07, 6.45) is 8.46. The Morgan fingerprint density at radius 2 is 2.08 bits per heavy atom. The van der Waals surface area contributed by atoms with Crippen molar-refractivity contribution in [3.63, 3.8) is 0 Å². The second kappa shape index (κ2) is 6.23. The number of hydrogen-bond acceptors (Lipinski definition) is 6. The van der Waals surface area contributed by atoms with Crippen LogP contribution in [-0.4, -0.2) is 34.9 Å². The molecule has 9 nitrogen and oxygen atoms in total. The Morgan fingerprint density at radius 3 is 2.85 bits per heavy atom. The SMILES string of the molecule is Cn1cc(-c2nc(C(=O)NCc3cnn4ccn(C)c(=O)c34)cs2)cn1. The lowest BCUT2D eigenvalue weighted by Gasteiger charge is -2.03. The number of amides is 1. The first kappa shape index (κ1) is 16.2. The normalized spacial score (nSPS) is 11.2. The van der Waals surface area contributed by atoms with Gasteiger partial charge in [0.1, 0.15) is 16.2 Å². The second-order valence-corrected chi connectivity index (χ2v) is 6.66. The van der Waals surface area contributed by atoms with E-state index in [0.717, 1.165) is 10.6 Å². The van der Waals surface area contributed by atoms with Gasteiger partial charge < -0.3 is 9.88 Å². The van der Waals surface area contributed by atoms with E-state index in [4.69, 9.17) is 0 Å². The smallest absolute Gasteiger partial charge is 0.276 e. The summed E-state index contributed by atoms with van der Waals surface area (Å²) >= 11 is 1.38. The van der Waals surface area contributed by atoms with Gasteiger partial charge in [-0.3, -0.25) is 14.3 Å². The van der Waals surface area contributed by atoms with E-state index in [1.54, 1.807) is 41.9 Å². The Kier molecular flexibility index (Phi) is 3.88. The standard InChI is InChI=1S/C16H15N7O2S/c1-21-3-4-23-13(16(21)25)10(6-19-23)5-17-14(24)12-9-26-15(20-12)11-7-18-22(2)8-11/h3-4,6-9H,5H2,1-2H3,(H,17,24). The van der Waals surface area contributed by atoms with E-state index in [1.165, 1.54) is 20.4 Å². The number of fused-ring (bicyclic) bond motifs is 1. The maximum absolute atomic E-state index is 12.4. The Morgan fingerprint density at radius 1 is 1.23 bits per heavy atom. The average molecular weight is 369 g/mol. The molecule has 0 aliphatic rings. The number of nitrogens with zero attached hydrogens (tertiary/aromatic N) is 6.